The van der Waals surface area contributed by atoms with Gasteiger partial charge in [-0.05, 0) is 24.5 Å². The lowest BCUT2D eigenvalue weighted by molar-refractivity contribution is -0.130. The number of nitrogens with zero attached hydrogens (tertiary/aromatic N) is 3. The second-order valence-electron chi connectivity index (χ2n) is 7.44. The molecule has 2 heterocycles. The molecule has 8 nitrogen and oxygen atoms in total. The van der Waals surface area contributed by atoms with Gasteiger partial charge in [-0.2, -0.15) is 4.36 Å². The highest BCUT2D eigenvalue weighted by molar-refractivity contribution is 7.94. The number of hydrogen-bond donors (Lipinski definition) is 0. The molecule has 30 heavy (non-hydrogen) atoms. The Balaban J connectivity index is 1.49. The predicted molar refractivity (Wildman–Crippen MR) is 113 cm³/mol. The van der Waals surface area contributed by atoms with Crippen molar-refractivity contribution < 1.29 is 23.3 Å². The van der Waals surface area contributed by atoms with Crippen LogP contribution in [0.1, 0.15) is 18.4 Å². The van der Waals surface area contributed by atoms with Crippen LogP contribution in [-0.2, 0) is 30.7 Å². The molecule has 3 amide bonds. The van der Waals surface area contributed by atoms with E-state index in [1.165, 1.54) is 11.0 Å². The molecular weight excluding hydrogens is 406 g/mol. The van der Waals surface area contributed by atoms with Crippen LogP contribution >= 0.6 is 0 Å². The molecular formula is C21H27N3O5S. The van der Waals surface area contributed by atoms with Crippen LogP contribution in [0.4, 0.5) is 4.79 Å². The molecule has 9 heteroatoms. The van der Waals surface area contributed by atoms with Crippen LogP contribution in [-0.4, -0.2) is 69.6 Å². The third kappa shape index (κ3) is 5.69. The highest BCUT2D eigenvalue weighted by atomic mass is 32.2. The molecule has 0 aromatic heterocycles. The SMILES string of the molecule is C=CC(=O)N1CCC(C(=O)N=S2(=O)CCN(C(=O)OCc3ccccc3)CC2)CC1. The summed E-state index contributed by atoms with van der Waals surface area (Å²) in [6, 6.07) is 9.39. The number of carbonyl (C=O) groups excluding carboxylic acids is 3. The van der Waals surface area contributed by atoms with Gasteiger partial charge in [-0.1, -0.05) is 36.9 Å². The Kier molecular flexibility index (Phi) is 7.25. The highest BCUT2D eigenvalue weighted by Gasteiger charge is 2.30. The van der Waals surface area contributed by atoms with Gasteiger partial charge >= 0.3 is 6.09 Å². The molecule has 2 aliphatic rings. The summed E-state index contributed by atoms with van der Waals surface area (Å²) >= 11 is 0. The zero-order valence-corrected chi connectivity index (χ0v) is 17.7. The van der Waals surface area contributed by atoms with Crippen LogP contribution < -0.4 is 0 Å². The zero-order chi connectivity index (χ0) is 21.6. The molecule has 2 saturated heterocycles. The summed E-state index contributed by atoms with van der Waals surface area (Å²) in [4.78, 5) is 39.5. The number of amides is 3. The Morgan fingerprint density at radius 2 is 1.70 bits per heavy atom. The van der Waals surface area contributed by atoms with E-state index in [4.69, 9.17) is 4.74 Å². The molecule has 0 atom stereocenters. The summed E-state index contributed by atoms with van der Waals surface area (Å²) in [7, 11) is -2.68. The molecule has 162 valence electrons. The van der Waals surface area contributed by atoms with E-state index in [0.717, 1.165) is 5.56 Å². The fourth-order valence-electron chi connectivity index (χ4n) is 3.52. The summed E-state index contributed by atoms with van der Waals surface area (Å²) in [5, 5.41) is 0. The van der Waals surface area contributed by atoms with Crippen molar-refractivity contribution in [1.82, 2.24) is 9.80 Å². The molecule has 0 unspecified atom stereocenters. The standard InChI is InChI=1S/C21H27N3O5S/c1-2-19(25)23-10-8-18(9-11-23)20(26)22-30(28)14-12-24(13-15-30)21(27)29-16-17-6-4-3-5-7-17/h2-7,18H,1,8-16H2. The fraction of sp³-hybridized carbons (Fsp3) is 0.476. The minimum Gasteiger partial charge on any atom is -0.445 e. The molecule has 2 aliphatic heterocycles. The Labute approximate surface area is 177 Å². The van der Waals surface area contributed by atoms with E-state index in [-0.39, 0.29) is 48.9 Å². The molecule has 0 aliphatic carbocycles. The zero-order valence-electron chi connectivity index (χ0n) is 16.9. The number of carbonyl (C=O) groups is 3. The molecule has 0 saturated carbocycles. The van der Waals surface area contributed by atoms with Crippen molar-refractivity contribution in [3.05, 3.63) is 48.6 Å². The first-order valence-electron chi connectivity index (χ1n) is 10.0. The van der Waals surface area contributed by atoms with Gasteiger partial charge < -0.3 is 14.5 Å². The summed E-state index contributed by atoms with van der Waals surface area (Å²) in [6.45, 7) is 5.09. The van der Waals surface area contributed by atoms with Crippen molar-refractivity contribution in [3.63, 3.8) is 0 Å². The molecule has 2 fully saturated rings. The Hall–Kier alpha value is -2.68. The smallest absolute Gasteiger partial charge is 0.410 e. The summed E-state index contributed by atoms with van der Waals surface area (Å²) in [5.41, 5.74) is 0.896. The maximum atomic E-state index is 13.0. The third-order valence-electron chi connectivity index (χ3n) is 5.41. The van der Waals surface area contributed by atoms with Crippen LogP contribution in [0.25, 0.3) is 0 Å². The quantitative estimate of drug-likeness (QED) is 0.677. The summed E-state index contributed by atoms with van der Waals surface area (Å²) < 4.78 is 22.3. The topological polar surface area (TPSA) is 96.4 Å². The molecule has 0 N–H and O–H groups in total. The summed E-state index contributed by atoms with van der Waals surface area (Å²) in [5.74, 6) is -0.493. The molecule has 0 spiro atoms. The molecule has 1 aromatic carbocycles. The van der Waals surface area contributed by atoms with E-state index in [1.54, 1.807) is 4.90 Å². The van der Waals surface area contributed by atoms with Gasteiger partial charge in [0.2, 0.25) is 5.91 Å². The average molecular weight is 434 g/mol. The van der Waals surface area contributed by atoms with Gasteiger partial charge in [0.15, 0.2) is 0 Å². The lowest BCUT2D eigenvalue weighted by Gasteiger charge is -2.30. The minimum atomic E-state index is -2.68. The van der Waals surface area contributed by atoms with E-state index in [0.29, 0.717) is 25.9 Å². The number of rotatable bonds is 4. The monoisotopic (exact) mass is 433 g/mol. The van der Waals surface area contributed by atoms with Gasteiger partial charge in [-0.3, -0.25) is 9.59 Å². The van der Waals surface area contributed by atoms with Crippen LogP contribution in [0.2, 0.25) is 0 Å². The van der Waals surface area contributed by atoms with Crippen molar-refractivity contribution in [3.8, 4) is 0 Å². The number of hydrogen-bond acceptors (Lipinski definition) is 5. The second-order valence-corrected chi connectivity index (χ2v) is 9.99. The van der Waals surface area contributed by atoms with E-state index in [1.807, 2.05) is 30.3 Å². The largest absolute Gasteiger partial charge is 0.445 e. The van der Waals surface area contributed by atoms with Crippen molar-refractivity contribution >= 4 is 27.6 Å². The first-order chi connectivity index (χ1) is 14.4. The van der Waals surface area contributed by atoms with Crippen LogP contribution in [0.3, 0.4) is 0 Å². The Morgan fingerprint density at radius 3 is 2.30 bits per heavy atom. The molecule has 0 bridgehead atoms. The molecule has 3 rings (SSSR count). The highest BCUT2D eigenvalue weighted by Crippen LogP contribution is 2.20. The van der Waals surface area contributed by atoms with Crippen molar-refractivity contribution in [2.24, 2.45) is 10.3 Å². The Bertz CT molecular complexity index is 902. The minimum absolute atomic E-state index is 0.143. The van der Waals surface area contributed by atoms with Crippen LogP contribution in [0, 0.1) is 5.92 Å². The van der Waals surface area contributed by atoms with Crippen LogP contribution in [0.5, 0.6) is 0 Å². The molecule has 0 radical (unpaired) electrons. The van der Waals surface area contributed by atoms with Gasteiger partial charge in [0.25, 0.3) is 5.91 Å². The van der Waals surface area contributed by atoms with Gasteiger partial charge in [-0.15, -0.1) is 0 Å². The van der Waals surface area contributed by atoms with Crippen molar-refractivity contribution in [2.75, 3.05) is 37.7 Å². The lowest BCUT2D eigenvalue weighted by atomic mass is 9.96. The normalized spacial score (nSPS) is 19.1. The number of ether oxygens (including phenoxy) is 1. The first kappa shape index (κ1) is 22.0. The van der Waals surface area contributed by atoms with Crippen LogP contribution in [0.15, 0.2) is 47.3 Å². The third-order valence-corrected chi connectivity index (χ3v) is 7.56. The van der Waals surface area contributed by atoms with Gasteiger partial charge in [0.1, 0.15) is 6.61 Å². The lowest BCUT2D eigenvalue weighted by Crippen LogP contribution is -2.44. The second kappa shape index (κ2) is 9.88. The summed E-state index contributed by atoms with van der Waals surface area (Å²) in [6.07, 6.45) is 1.83. The fourth-order valence-corrected chi connectivity index (χ4v) is 5.39. The Morgan fingerprint density at radius 1 is 1.07 bits per heavy atom. The molecule has 1 aromatic rings. The van der Waals surface area contributed by atoms with E-state index < -0.39 is 15.8 Å². The number of likely N-dealkylation sites (tertiary alicyclic amines) is 1. The van der Waals surface area contributed by atoms with Gasteiger partial charge in [0.05, 0.1) is 21.2 Å². The van der Waals surface area contributed by atoms with Crippen molar-refractivity contribution in [2.45, 2.75) is 19.4 Å². The van der Waals surface area contributed by atoms with E-state index >= 15 is 0 Å². The average Bonchev–Trinajstić information content (AvgIpc) is 2.78. The van der Waals surface area contributed by atoms with E-state index in [2.05, 4.69) is 10.9 Å². The maximum Gasteiger partial charge on any atom is 0.410 e. The van der Waals surface area contributed by atoms with E-state index in [9.17, 15) is 18.6 Å². The van der Waals surface area contributed by atoms with Gasteiger partial charge in [-0.25, -0.2) is 9.00 Å². The number of piperidine rings is 1. The van der Waals surface area contributed by atoms with Gasteiger partial charge in [0, 0.05) is 32.1 Å². The number of benzene rings is 1. The first-order valence-corrected chi connectivity index (χ1v) is 11.9. The predicted octanol–water partition coefficient (Wildman–Crippen LogP) is 2.06. The van der Waals surface area contributed by atoms with Crippen molar-refractivity contribution in [1.29, 1.82) is 0 Å². The maximum absolute atomic E-state index is 13.0.